The summed E-state index contributed by atoms with van der Waals surface area (Å²) < 4.78 is 5.95. The molecule has 0 atom stereocenters. The van der Waals surface area contributed by atoms with Crippen molar-refractivity contribution in [2.24, 2.45) is 0 Å². The Morgan fingerprint density at radius 1 is 1.03 bits per heavy atom. The summed E-state index contributed by atoms with van der Waals surface area (Å²) in [6.07, 6.45) is 5.27. The van der Waals surface area contributed by atoms with Gasteiger partial charge in [0.25, 0.3) is 0 Å². The van der Waals surface area contributed by atoms with E-state index >= 15 is 0 Å². The van der Waals surface area contributed by atoms with Gasteiger partial charge in [-0.3, -0.25) is 9.80 Å². The van der Waals surface area contributed by atoms with Gasteiger partial charge in [0.05, 0.1) is 11.2 Å². The second-order valence-electron chi connectivity index (χ2n) is 8.50. The number of rotatable bonds is 7. The number of likely N-dealkylation sites (tertiary alicyclic amines) is 1. The van der Waals surface area contributed by atoms with E-state index in [4.69, 9.17) is 4.74 Å². The van der Waals surface area contributed by atoms with Gasteiger partial charge in [-0.05, 0) is 17.5 Å². The average molecular weight is 417 g/mol. The summed E-state index contributed by atoms with van der Waals surface area (Å²) >= 11 is 0. The molecule has 2 fully saturated rings. The highest BCUT2D eigenvalue weighted by Crippen LogP contribution is 2.45. The Morgan fingerprint density at radius 2 is 1.58 bits per heavy atom. The van der Waals surface area contributed by atoms with Crippen LogP contribution in [0.4, 0.5) is 4.79 Å². The van der Waals surface area contributed by atoms with Gasteiger partial charge in [0.2, 0.25) is 0 Å². The summed E-state index contributed by atoms with van der Waals surface area (Å²) in [7, 11) is 0. The summed E-state index contributed by atoms with van der Waals surface area (Å²) in [6.45, 7) is 12.9. The zero-order chi connectivity index (χ0) is 21.9. The fraction of sp³-hybridized carbons (Fsp3) is 0.370. The Bertz CT molecular complexity index is 891. The number of hydrogen-bond acceptors (Lipinski definition) is 3. The standard InChI is InChI=1S/C27H32N2O2/c1-4-6-19-29-22(3)26(31-25(29)30)17-20-28(21-18-26)27(5-2,23-13-9-7-10-14-23)24-15-11-8-12-16-24/h5,7-16H,2-4,6,17-21H2,1H3. The van der Waals surface area contributed by atoms with Crippen LogP contribution in [0.25, 0.3) is 0 Å². The van der Waals surface area contributed by atoms with E-state index in [2.05, 4.69) is 79.6 Å². The first-order chi connectivity index (χ1) is 15.1. The second-order valence-corrected chi connectivity index (χ2v) is 8.50. The predicted molar refractivity (Wildman–Crippen MR) is 125 cm³/mol. The third-order valence-electron chi connectivity index (χ3n) is 6.88. The van der Waals surface area contributed by atoms with Crippen LogP contribution >= 0.6 is 0 Å². The molecule has 0 N–H and O–H groups in total. The molecule has 1 amide bonds. The second kappa shape index (κ2) is 8.72. The molecule has 0 saturated carbocycles. The van der Waals surface area contributed by atoms with Crippen molar-refractivity contribution in [1.29, 1.82) is 0 Å². The molecule has 0 bridgehead atoms. The fourth-order valence-electron chi connectivity index (χ4n) is 5.07. The third kappa shape index (κ3) is 3.59. The quantitative estimate of drug-likeness (QED) is 0.542. The maximum Gasteiger partial charge on any atom is 0.415 e. The molecule has 2 saturated heterocycles. The Labute approximate surface area is 185 Å². The van der Waals surface area contributed by atoms with Crippen molar-refractivity contribution in [1.82, 2.24) is 9.80 Å². The van der Waals surface area contributed by atoms with Crippen LogP contribution in [-0.4, -0.2) is 41.1 Å². The zero-order valence-corrected chi connectivity index (χ0v) is 18.4. The van der Waals surface area contributed by atoms with E-state index in [0.29, 0.717) is 6.54 Å². The topological polar surface area (TPSA) is 32.8 Å². The lowest BCUT2D eigenvalue weighted by molar-refractivity contribution is -0.00443. The maximum atomic E-state index is 12.6. The van der Waals surface area contributed by atoms with Crippen molar-refractivity contribution in [3.63, 3.8) is 0 Å². The Morgan fingerprint density at radius 3 is 2.06 bits per heavy atom. The average Bonchev–Trinajstić information content (AvgIpc) is 3.04. The normalized spacial score (nSPS) is 18.9. The summed E-state index contributed by atoms with van der Waals surface area (Å²) in [5.74, 6) is 0. The van der Waals surface area contributed by atoms with E-state index < -0.39 is 11.1 Å². The monoisotopic (exact) mass is 416 g/mol. The molecule has 0 unspecified atom stereocenters. The molecule has 0 radical (unpaired) electrons. The van der Waals surface area contributed by atoms with Crippen molar-refractivity contribution in [2.45, 2.75) is 43.7 Å². The van der Waals surface area contributed by atoms with E-state index in [0.717, 1.165) is 44.5 Å². The molecule has 1 spiro atoms. The molecule has 2 aliphatic heterocycles. The van der Waals surface area contributed by atoms with Gasteiger partial charge >= 0.3 is 6.09 Å². The fourth-order valence-corrected chi connectivity index (χ4v) is 5.07. The van der Waals surface area contributed by atoms with Gasteiger partial charge in [0.1, 0.15) is 0 Å². The molecule has 4 rings (SSSR count). The Balaban J connectivity index is 1.63. The Kier molecular flexibility index (Phi) is 6.01. The van der Waals surface area contributed by atoms with E-state index in [-0.39, 0.29) is 6.09 Å². The van der Waals surface area contributed by atoms with Crippen molar-refractivity contribution >= 4 is 6.09 Å². The summed E-state index contributed by atoms with van der Waals surface area (Å²) in [5.41, 5.74) is 2.20. The number of piperidine rings is 1. The molecule has 4 nitrogen and oxygen atoms in total. The van der Waals surface area contributed by atoms with Crippen LogP contribution in [0.3, 0.4) is 0 Å². The van der Waals surface area contributed by atoms with E-state index in [1.165, 1.54) is 11.1 Å². The third-order valence-corrected chi connectivity index (χ3v) is 6.88. The van der Waals surface area contributed by atoms with Gasteiger partial charge in [-0.2, -0.15) is 0 Å². The maximum absolute atomic E-state index is 12.6. The van der Waals surface area contributed by atoms with E-state index in [9.17, 15) is 4.79 Å². The van der Waals surface area contributed by atoms with Crippen LogP contribution in [0.2, 0.25) is 0 Å². The number of benzene rings is 2. The smallest absolute Gasteiger partial charge is 0.415 e. The first kappa shape index (κ1) is 21.4. The van der Waals surface area contributed by atoms with Gasteiger partial charge in [0, 0.05) is 32.5 Å². The first-order valence-electron chi connectivity index (χ1n) is 11.3. The number of carbonyl (C=O) groups excluding carboxylic acids is 1. The molecule has 4 heteroatoms. The summed E-state index contributed by atoms with van der Waals surface area (Å²) in [4.78, 5) is 16.8. The number of unbranched alkanes of at least 4 members (excludes halogenated alkanes) is 1. The number of amides is 1. The van der Waals surface area contributed by atoms with Crippen molar-refractivity contribution in [3.05, 3.63) is 96.7 Å². The molecule has 162 valence electrons. The van der Waals surface area contributed by atoms with E-state index in [1.807, 2.05) is 12.1 Å². The minimum absolute atomic E-state index is 0.243. The molecule has 2 aromatic carbocycles. The molecular formula is C27H32N2O2. The molecule has 2 heterocycles. The SMILES string of the molecule is C=CC(c1ccccc1)(c1ccccc1)N1CCC2(CC1)OC(=O)N(CCCC)C2=C. The van der Waals surface area contributed by atoms with Crippen molar-refractivity contribution < 1.29 is 9.53 Å². The predicted octanol–water partition coefficient (Wildman–Crippen LogP) is 5.72. The van der Waals surface area contributed by atoms with Crippen LogP contribution in [0.5, 0.6) is 0 Å². The largest absolute Gasteiger partial charge is 0.436 e. The lowest BCUT2D eigenvalue weighted by atomic mass is 9.78. The van der Waals surface area contributed by atoms with Gasteiger partial charge < -0.3 is 4.74 Å². The van der Waals surface area contributed by atoms with Gasteiger partial charge in [-0.25, -0.2) is 4.79 Å². The summed E-state index contributed by atoms with van der Waals surface area (Å²) in [5, 5.41) is 0. The molecule has 31 heavy (non-hydrogen) atoms. The van der Waals surface area contributed by atoms with Crippen LogP contribution in [0.1, 0.15) is 43.7 Å². The van der Waals surface area contributed by atoms with Crippen molar-refractivity contribution in [2.75, 3.05) is 19.6 Å². The number of ether oxygens (including phenoxy) is 1. The van der Waals surface area contributed by atoms with Crippen LogP contribution in [0.15, 0.2) is 85.6 Å². The molecule has 2 aliphatic rings. The zero-order valence-electron chi connectivity index (χ0n) is 18.4. The minimum Gasteiger partial charge on any atom is -0.436 e. The lowest BCUT2D eigenvalue weighted by Gasteiger charge is -2.48. The van der Waals surface area contributed by atoms with Crippen LogP contribution < -0.4 is 0 Å². The van der Waals surface area contributed by atoms with Crippen LogP contribution in [0, 0.1) is 0 Å². The lowest BCUT2D eigenvalue weighted by Crippen LogP contribution is -2.54. The Hall–Kier alpha value is -2.85. The molecular weight excluding hydrogens is 384 g/mol. The van der Waals surface area contributed by atoms with E-state index in [1.54, 1.807) is 4.90 Å². The van der Waals surface area contributed by atoms with Gasteiger partial charge in [-0.1, -0.05) is 86.7 Å². The van der Waals surface area contributed by atoms with Gasteiger partial charge in [0.15, 0.2) is 5.60 Å². The number of carbonyl (C=O) groups is 1. The molecule has 2 aromatic rings. The van der Waals surface area contributed by atoms with Crippen molar-refractivity contribution in [3.8, 4) is 0 Å². The minimum atomic E-state index is -0.582. The van der Waals surface area contributed by atoms with Gasteiger partial charge in [-0.15, -0.1) is 6.58 Å². The highest BCUT2D eigenvalue weighted by molar-refractivity contribution is 5.75. The highest BCUT2D eigenvalue weighted by Gasteiger charge is 2.52. The first-order valence-corrected chi connectivity index (χ1v) is 11.3. The highest BCUT2D eigenvalue weighted by atomic mass is 16.6. The van der Waals surface area contributed by atoms with Crippen LogP contribution in [-0.2, 0) is 10.3 Å². The summed E-state index contributed by atoms with van der Waals surface area (Å²) in [6, 6.07) is 21.1. The molecule has 0 aliphatic carbocycles. The molecule has 0 aromatic heterocycles. The number of nitrogens with zero attached hydrogens (tertiary/aromatic N) is 2. The number of hydrogen-bond donors (Lipinski definition) is 0.